The highest BCUT2D eigenvalue weighted by Crippen LogP contribution is 2.32. The lowest BCUT2D eigenvalue weighted by Gasteiger charge is -2.05. The summed E-state index contributed by atoms with van der Waals surface area (Å²) < 4.78 is 6.48. The highest BCUT2D eigenvalue weighted by molar-refractivity contribution is 9.10. The van der Waals surface area contributed by atoms with E-state index in [4.69, 9.17) is 4.74 Å². The van der Waals surface area contributed by atoms with Gasteiger partial charge in [0.05, 0.1) is 12.3 Å². The van der Waals surface area contributed by atoms with Crippen LogP contribution < -0.4 is 10.1 Å². The molecule has 0 saturated carbocycles. The molecular formula is C22H23BrN2O2S. The Balaban J connectivity index is 1.61. The Morgan fingerprint density at radius 2 is 1.82 bits per heavy atom. The van der Waals surface area contributed by atoms with E-state index in [1.807, 2.05) is 55.5 Å². The standard InChI is InChI=1S/C22H23BrN2O2S/c1-3-19-21(16-8-10-17(23)11-9-16)25-22(28-19)24-20(26)14-7-15-5-12-18(13-6-15)27-4-2/h5-6,8-13H,3-4,7,14H2,1-2H3,(H,24,25,26). The summed E-state index contributed by atoms with van der Waals surface area (Å²) in [6, 6.07) is 16.0. The first kappa shape index (κ1) is 20.6. The lowest BCUT2D eigenvalue weighted by Crippen LogP contribution is -2.12. The van der Waals surface area contributed by atoms with E-state index in [-0.39, 0.29) is 5.91 Å². The van der Waals surface area contributed by atoms with E-state index in [0.29, 0.717) is 24.6 Å². The van der Waals surface area contributed by atoms with Gasteiger partial charge < -0.3 is 10.1 Å². The zero-order chi connectivity index (χ0) is 19.9. The molecule has 0 atom stereocenters. The van der Waals surface area contributed by atoms with Crippen molar-refractivity contribution in [3.63, 3.8) is 0 Å². The van der Waals surface area contributed by atoms with Crippen molar-refractivity contribution in [3.05, 3.63) is 63.4 Å². The molecule has 0 aliphatic carbocycles. The van der Waals surface area contributed by atoms with Gasteiger partial charge in [-0.05, 0) is 49.6 Å². The lowest BCUT2D eigenvalue weighted by molar-refractivity contribution is -0.116. The van der Waals surface area contributed by atoms with Crippen molar-refractivity contribution in [3.8, 4) is 17.0 Å². The number of carbonyl (C=O) groups is 1. The molecule has 0 aliphatic heterocycles. The van der Waals surface area contributed by atoms with Crippen molar-refractivity contribution >= 4 is 38.3 Å². The van der Waals surface area contributed by atoms with Crippen LogP contribution in [-0.4, -0.2) is 17.5 Å². The normalized spacial score (nSPS) is 10.7. The number of halogens is 1. The van der Waals surface area contributed by atoms with Gasteiger partial charge in [-0.1, -0.05) is 47.1 Å². The Labute approximate surface area is 178 Å². The van der Waals surface area contributed by atoms with Gasteiger partial charge in [0, 0.05) is 21.3 Å². The first-order valence-corrected chi connectivity index (χ1v) is 11.0. The SMILES string of the molecule is CCOc1ccc(CCC(=O)Nc2nc(-c3ccc(Br)cc3)c(CC)s2)cc1. The van der Waals surface area contributed by atoms with Crippen LogP contribution in [0.25, 0.3) is 11.3 Å². The van der Waals surface area contributed by atoms with Crippen LogP contribution in [0.2, 0.25) is 0 Å². The molecule has 1 aromatic heterocycles. The van der Waals surface area contributed by atoms with Crippen LogP contribution >= 0.6 is 27.3 Å². The van der Waals surface area contributed by atoms with Crippen LogP contribution in [0.5, 0.6) is 5.75 Å². The number of nitrogens with one attached hydrogen (secondary N) is 1. The predicted molar refractivity (Wildman–Crippen MR) is 119 cm³/mol. The Bertz CT molecular complexity index is 921. The topological polar surface area (TPSA) is 51.2 Å². The van der Waals surface area contributed by atoms with E-state index in [1.165, 1.54) is 4.88 Å². The van der Waals surface area contributed by atoms with Gasteiger partial charge in [-0.15, -0.1) is 11.3 Å². The van der Waals surface area contributed by atoms with Gasteiger partial charge in [-0.2, -0.15) is 0 Å². The molecular weight excluding hydrogens is 436 g/mol. The van der Waals surface area contributed by atoms with Crippen LogP contribution in [0.1, 0.15) is 30.7 Å². The van der Waals surface area contributed by atoms with Gasteiger partial charge in [0.15, 0.2) is 5.13 Å². The average Bonchev–Trinajstić information content (AvgIpc) is 3.11. The van der Waals surface area contributed by atoms with Gasteiger partial charge in [0.2, 0.25) is 5.91 Å². The summed E-state index contributed by atoms with van der Waals surface area (Å²) in [5, 5.41) is 3.61. The first-order valence-electron chi connectivity index (χ1n) is 9.36. The summed E-state index contributed by atoms with van der Waals surface area (Å²) in [6.45, 7) is 4.72. The molecule has 1 amide bonds. The summed E-state index contributed by atoms with van der Waals surface area (Å²) in [4.78, 5) is 18.2. The molecule has 146 valence electrons. The minimum Gasteiger partial charge on any atom is -0.494 e. The largest absolute Gasteiger partial charge is 0.494 e. The van der Waals surface area contributed by atoms with E-state index < -0.39 is 0 Å². The number of nitrogens with zero attached hydrogens (tertiary/aromatic N) is 1. The molecule has 0 fully saturated rings. The molecule has 1 heterocycles. The van der Waals surface area contributed by atoms with Crippen molar-refractivity contribution < 1.29 is 9.53 Å². The maximum atomic E-state index is 12.4. The predicted octanol–water partition coefficient (Wildman–Crippen LogP) is 6.11. The Morgan fingerprint density at radius 3 is 2.46 bits per heavy atom. The number of aryl methyl sites for hydroxylation is 2. The highest BCUT2D eigenvalue weighted by atomic mass is 79.9. The summed E-state index contributed by atoms with van der Waals surface area (Å²) >= 11 is 5.00. The molecule has 0 unspecified atom stereocenters. The van der Waals surface area contributed by atoms with Crippen molar-refractivity contribution in [2.75, 3.05) is 11.9 Å². The molecule has 0 aliphatic rings. The zero-order valence-electron chi connectivity index (χ0n) is 16.0. The fourth-order valence-corrected chi connectivity index (χ4v) is 4.04. The average molecular weight is 459 g/mol. The van der Waals surface area contributed by atoms with Crippen LogP contribution in [0, 0.1) is 0 Å². The molecule has 2 aromatic carbocycles. The van der Waals surface area contributed by atoms with Crippen molar-refractivity contribution in [2.24, 2.45) is 0 Å². The van der Waals surface area contributed by atoms with Crippen molar-refractivity contribution in [1.29, 1.82) is 0 Å². The van der Waals surface area contributed by atoms with Gasteiger partial charge in [0.1, 0.15) is 5.75 Å². The van der Waals surface area contributed by atoms with Crippen molar-refractivity contribution in [1.82, 2.24) is 4.98 Å². The summed E-state index contributed by atoms with van der Waals surface area (Å²) in [5.41, 5.74) is 3.12. The summed E-state index contributed by atoms with van der Waals surface area (Å²) in [5.74, 6) is 0.832. The molecule has 0 bridgehead atoms. The van der Waals surface area contributed by atoms with Gasteiger partial charge in [-0.25, -0.2) is 4.98 Å². The maximum absolute atomic E-state index is 12.4. The zero-order valence-corrected chi connectivity index (χ0v) is 18.4. The third kappa shape index (κ3) is 5.42. The van der Waals surface area contributed by atoms with E-state index in [0.717, 1.165) is 33.5 Å². The fourth-order valence-electron chi connectivity index (χ4n) is 2.84. The summed E-state index contributed by atoms with van der Waals surface area (Å²) in [6.07, 6.45) is 1.98. The summed E-state index contributed by atoms with van der Waals surface area (Å²) in [7, 11) is 0. The monoisotopic (exact) mass is 458 g/mol. The number of aromatic nitrogens is 1. The van der Waals surface area contributed by atoms with Crippen LogP contribution in [0.4, 0.5) is 5.13 Å². The lowest BCUT2D eigenvalue weighted by atomic mass is 10.1. The smallest absolute Gasteiger partial charge is 0.226 e. The number of hydrogen-bond acceptors (Lipinski definition) is 4. The van der Waals surface area contributed by atoms with Crippen LogP contribution in [0.3, 0.4) is 0 Å². The first-order chi connectivity index (χ1) is 13.6. The Kier molecular flexibility index (Phi) is 7.23. The molecule has 3 rings (SSSR count). The number of rotatable bonds is 8. The number of amides is 1. The molecule has 4 nitrogen and oxygen atoms in total. The number of thiazole rings is 1. The number of benzene rings is 2. The molecule has 0 spiro atoms. The Morgan fingerprint density at radius 1 is 1.11 bits per heavy atom. The van der Waals surface area contributed by atoms with Crippen LogP contribution in [0.15, 0.2) is 53.0 Å². The molecule has 3 aromatic rings. The third-order valence-electron chi connectivity index (χ3n) is 4.26. The van der Waals surface area contributed by atoms with Gasteiger partial charge in [-0.3, -0.25) is 4.79 Å². The molecule has 0 radical (unpaired) electrons. The second-order valence-electron chi connectivity index (χ2n) is 6.28. The second-order valence-corrected chi connectivity index (χ2v) is 8.28. The van der Waals surface area contributed by atoms with Gasteiger partial charge in [0.25, 0.3) is 0 Å². The minimum absolute atomic E-state index is 0.0207. The molecule has 28 heavy (non-hydrogen) atoms. The van der Waals surface area contributed by atoms with E-state index in [9.17, 15) is 4.79 Å². The molecule has 0 saturated heterocycles. The molecule has 6 heteroatoms. The number of carbonyl (C=O) groups excluding carboxylic acids is 1. The van der Waals surface area contributed by atoms with E-state index >= 15 is 0 Å². The highest BCUT2D eigenvalue weighted by Gasteiger charge is 2.14. The minimum atomic E-state index is -0.0207. The Hall–Kier alpha value is -2.18. The fraction of sp³-hybridized carbons (Fsp3) is 0.273. The van der Waals surface area contributed by atoms with Crippen LogP contribution in [-0.2, 0) is 17.6 Å². The van der Waals surface area contributed by atoms with Crippen molar-refractivity contribution in [2.45, 2.75) is 33.1 Å². The quantitative estimate of drug-likeness (QED) is 0.443. The van der Waals surface area contributed by atoms with E-state index in [2.05, 4.69) is 33.2 Å². The van der Waals surface area contributed by atoms with E-state index in [1.54, 1.807) is 11.3 Å². The maximum Gasteiger partial charge on any atom is 0.226 e. The molecule has 1 N–H and O–H groups in total. The number of hydrogen-bond donors (Lipinski definition) is 1. The second kappa shape index (κ2) is 9.85. The third-order valence-corrected chi connectivity index (χ3v) is 5.90. The number of anilines is 1. The number of ether oxygens (including phenoxy) is 1. The van der Waals surface area contributed by atoms with Gasteiger partial charge >= 0.3 is 0 Å².